The van der Waals surface area contributed by atoms with Crippen molar-refractivity contribution < 1.29 is 9.53 Å². The van der Waals surface area contributed by atoms with Crippen LogP contribution in [-0.4, -0.2) is 17.0 Å². The van der Waals surface area contributed by atoms with Gasteiger partial charge >= 0.3 is 0 Å². The molecule has 2 rings (SSSR count). The fourth-order valence-electron chi connectivity index (χ4n) is 5.10. The molecule has 4 heteroatoms. The maximum absolute atomic E-state index is 12.3. The van der Waals surface area contributed by atoms with Gasteiger partial charge < -0.3 is 15.5 Å². The zero-order valence-corrected chi connectivity index (χ0v) is 22.9. The lowest BCUT2D eigenvalue weighted by atomic mass is 9.92. The number of rotatable bonds is 21. The van der Waals surface area contributed by atoms with Gasteiger partial charge in [-0.05, 0) is 44.0 Å². The summed E-state index contributed by atoms with van der Waals surface area (Å²) in [4.78, 5) is 15.6. The van der Waals surface area contributed by atoms with E-state index in [2.05, 4.69) is 11.9 Å². The van der Waals surface area contributed by atoms with E-state index in [9.17, 15) is 4.79 Å². The molecule has 0 saturated carbocycles. The quantitative estimate of drug-likeness (QED) is 0.173. The number of H-pyrrole nitrogens is 1. The molecule has 3 N–H and O–H groups in total. The predicted molar refractivity (Wildman–Crippen MR) is 150 cm³/mol. The third-order valence-corrected chi connectivity index (χ3v) is 7.12. The highest BCUT2D eigenvalue weighted by Crippen LogP contribution is 2.32. The van der Waals surface area contributed by atoms with Crippen LogP contribution in [0, 0.1) is 0 Å². The average Bonchev–Trinajstić information content (AvgIpc) is 3.23. The molecule has 0 fully saturated rings. The van der Waals surface area contributed by atoms with E-state index in [1.54, 1.807) is 0 Å². The predicted octanol–water partition coefficient (Wildman–Crippen LogP) is 9.18. The van der Waals surface area contributed by atoms with Crippen LogP contribution in [0.2, 0.25) is 0 Å². The Bertz CT molecular complexity index is 826. The van der Waals surface area contributed by atoms with Gasteiger partial charge in [-0.2, -0.15) is 0 Å². The molecule has 1 unspecified atom stereocenters. The molecule has 0 saturated heterocycles. The number of nitrogens with two attached hydrogens (primary N) is 1. The third-order valence-electron chi connectivity index (χ3n) is 7.12. The van der Waals surface area contributed by atoms with Crippen molar-refractivity contribution in [1.82, 2.24) is 4.98 Å². The number of fused-ring (bicyclic) bond motifs is 1. The summed E-state index contributed by atoms with van der Waals surface area (Å²) < 4.78 is 5.85. The Morgan fingerprint density at radius 2 is 1.34 bits per heavy atom. The van der Waals surface area contributed by atoms with Gasteiger partial charge in [-0.15, -0.1) is 0 Å². The Labute approximate surface area is 214 Å². The Kier molecular flexibility index (Phi) is 14.6. The van der Waals surface area contributed by atoms with Crippen LogP contribution in [0.25, 0.3) is 10.9 Å². The maximum Gasteiger partial charge on any atom is 0.225 e. The van der Waals surface area contributed by atoms with E-state index in [4.69, 9.17) is 10.5 Å². The molecule has 0 radical (unpaired) electrons. The second-order valence-electron chi connectivity index (χ2n) is 10.7. The number of hydrogen-bond acceptors (Lipinski definition) is 2. The SMILES string of the molecule is CCCCCCCCCCCCCCCCCCC(C(N)=O)c1c[nH]c2ccc(OC(C)C)cc12. The number of amides is 1. The van der Waals surface area contributed by atoms with Crippen LogP contribution in [0.4, 0.5) is 0 Å². The molecule has 0 bridgehead atoms. The summed E-state index contributed by atoms with van der Waals surface area (Å²) in [5.74, 6) is 0.353. The molecule has 0 aliphatic heterocycles. The molecular formula is C31H52N2O2. The first kappa shape index (κ1) is 29.3. The first-order chi connectivity index (χ1) is 17.0. The lowest BCUT2D eigenvalue weighted by molar-refractivity contribution is -0.119. The number of nitrogens with one attached hydrogen (secondary N) is 1. The van der Waals surface area contributed by atoms with Gasteiger partial charge in [-0.25, -0.2) is 0 Å². The van der Waals surface area contributed by atoms with Crippen LogP contribution < -0.4 is 10.5 Å². The van der Waals surface area contributed by atoms with Crippen molar-refractivity contribution >= 4 is 16.8 Å². The minimum Gasteiger partial charge on any atom is -0.491 e. The molecule has 0 aliphatic carbocycles. The Hall–Kier alpha value is -1.97. The van der Waals surface area contributed by atoms with Crippen molar-refractivity contribution in [2.45, 2.75) is 142 Å². The third kappa shape index (κ3) is 11.5. The van der Waals surface area contributed by atoms with E-state index < -0.39 is 0 Å². The van der Waals surface area contributed by atoms with Crippen LogP contribution in [-0.2, 0) is 4.79 Å². The minimum atomic E-state index is -0.246. The summed E-state index contributed by atoms with van der Waals surface area (Å²) in [6, 6.07) is 6.02. The number of hydrogen-bond donors (Lipinski definition) is 2. The normalized spacial score (nSPS) is 12.5. The summed E-state index contributed by atoms with van der Waals surface area (Å²) in [5.41, 5.74) is 7.85. The minimum absolute atomic E-state index is 0.117. The Morgan fingerprint density at radius 1 is 0.829 bits per heavy atom. The topological polar surface area (TPSA) is 68.1 Å². The Balaban J connectivity index is 1.58. The maximum atomic E-state index is 12.3. The van der Waals surface area contributed by atoms with Gasteiger partial charge in [0.1, 0.15) is 5.75 Å². The average molecular weight is 485 g/mol. The number of aromatic amines is 1. The number of benzene rings is 1. The van der Waals surface area contributed by atoms with Gasteiger partial charge in [-0.1, -0.05) is 110 Å². The lowest BCUT2D eigenvalue weighted by Gasteiger charge is -2.14. The van der Waals surface area contributed by atoms with Crippen LogP contribution in [0.5, 0.6) is 5.75 Å². The summed E-state index contributed by atoms with van der Waals surface area (Å²) >= 11 is 0. The molecule has 35 heavy (non-hydrogen) atoms. The van der Waals surface area contributed by atoms with Crippen molar-refractivity contribution in [2.24, 2.45) is 5.73 Å². The molecule has 198 valence electrons. The summed E-state index contributed by atoms with van der Waals surface area (Å²) in [6.07, 6.45) is 24.5. The van der Waals surface area contributed by atoms with E-state index in [0.29, 0.717) is 0 Å². The first-order valence-corrected chi connectivity index (χ1v) is 14.6. The first-order valence-electron chi connectivity index (χ1n) is 14.6. The number of unbranched alkanes of at least 4 members (excludes halogenated alkanes) is 15. The number of carbonyl (C=O) groups is 1. The molecule has 1 heterocycles. The van der Waals surface area contributed by atoms with Crippen molar-refractivity contribution in [3.63, 3.8) is 0 Å². The van der Waals surface area contributed by atoms with Gasteiger partial charge in [0.15, 0.2) is 0 Å². The van der Waals surface area contributed by atoms with Crippen molar-refractivity contribution in [1.29, 1.82) is 0 Å². The van der Waals surface area contributed by atoms with Gasteiger partial charge in [0.05, 0.1) is 12.0 Å². The Morgan fingerprint density at radius 3 is 1.83 bits per heavy atom. The standard InChI is InChI=1S/C31H52N2O2/c1-4-5-6-7-8-9-10-11-12-13-14-15-16-17-18-19-20-27(31(32)34)29-24-33-30-22-21-26(23-28(29)30)35-25(2)3/h21-25,27,33H,4-20H2,1-3H3,(H2,32,34). The van der Waals surface area contributed by atoms with Crippen molar-refractivity contribution in [3.8, 4) is 5.75 Å². The van der Waals surface area contributed by atoms with Crippen molar-refractivity contribution in [2.75, 3.05) is 0 Å². The lowest BCUT2D eigenvalue weighted by Crippen LogP contribution is -2.21. The van der Waals surface area contributed by atoms with Gasteiger partial charge in [-0.3, -0.25) is 4.79 Å². The largest absolute Gasteiger partial charge is 0.491 e. The smallest absolute Gasteiger partial charge is 0.225 e. The fraction of sp³-hybridized carbons (Fsp3) is 0.710. The van der Waals surface area contributed by atoms with E-state index in [-0.39, 0.29) is 17.9 Å². The molecule has 0 spiro atoms. The van der Waals surface area contributed by atoms with E-state index in [1.807, 2.05) is 38.2 Å². The number of ether oxygens (including phenoxy) is 1. The highest BCUT2D eigenvalue weighted by atomic mass is 16.5. The van der Waals surface area contributed by atoms with Gasteiger partial charge in [0.25, 0.3) is 0 Å². The molecular weight excluding hydrogens is 432 g/mol. The monoisotopic (exact) mass is 484 g/mol. The van der Waals surface area contributed by atoms with E-state index in [0.717, 1.165) is 35.1 Å². The molecule has 1 aromatic carbocycles. The number of carbonyl (C=O) groups excluding carboxylic acids is 1. The van der Waals surface area contributed by atoms with Crippen molar-refractivity contribution in [3.05, 3.63) is 30.0 Å². The van der Waals surface area contributed by atoms with Gasteiger partial charge in [0.2, 0.25) is 5.91 Å². The molecule has 1 amide bonds. The van der Waals surface area contributed by atoms with Gasteiger partial charge in [0, 0.05) is 17.1 Å². The highest BCUT2D eigenvalue weighted by molar-refractivity contribution is 5.92. The van der Waals surface area contributed by atoms with Crippen LogP contribution >= 0.6 is 0 Å². The zero-order valence-electron chi connectivity index (χ0n) is 22.9. The van der Waals surface area contributed by atoms with E-state index >= 15 is 0 Å². The molecule has 1 aromatic heterocycles. The molecule has 1 atom stereocenters. The molecule has 0 aliphatic rings. The summed E-state index contributed by atoms with van der Waals surface area (Å²) in [6.45, 7) is 6.32. The number of primary amides is 1. The summed E-state index contributed by atoms with van der Waals surface area (Å²) in [5, 5.41) is 1.04. The summed E-state index contributed by atoms with van der Waals surface area (Å²) in [7, 11) is 0. The van der Waals surface area contributed by atoms with Crippen LogP contribution in [0.3, 0.4) is 0 Å². The van der Waals surface area contributed by atoms with Crippen LogP contribution in [0.15, 0.2) is 24.4 Å². The highest BCUT2D eigenvalue weighted by Gasteiger charge is 2.21. The zero-order chi connectivity index (χ0) is 25.3. The molecule has 4 nitrogen and oxygen atoms in total. The van der Waals surface area contributed by atoms with E-state index in [1.165, 1.54) is 96.3 Å². The fourth-order valence-corrected chi connectivity index (χ4v) is 5.10. The van der Waals surface area contributed by atoms with Crippen LogP contribution in [0.1, 0.15) is 141 Å². The molecule has 2 aromatic rings. The second kappa shape index (κ2) is 17.5. The number of aromatic nitrogens is 1. The second-order valence-corrected chi connectivity index (χ2v) is 10.7.